The van der Waals surface area contributed by atoms with E-state index in [2.05, 4.69) is 10.2 Å². The van der Waals surface area contributed by atoms with E-state index in [4.69, 9.17) is 0 Å². The van der Waals surface area contributed by atoms with E-state index in [0.717, 1.165) is 0 Å². The van der Waals surface area contributed by atoms with Crippen LogP contribution in [-0.2, 0) is 23.9 Å². The van der Waals surface area contributed by atoms with Gasteiger partial charge in [-0.3, -0.25) is 0 Å². The topological polar surface area (TPSA) is 77.5 Å². The van der Waals surface area contributed by atoms with Crippen LogP contribution in [0.15, 0.2) is 47.7 Å². The molecule has 0 saturated heterocycles. The Bertz CT molecular complexity index is 631. The van der Waals surface area contributed by atoms with Crippen molar-refractivity contribution in [1.82, 2.24) is 0 Å². The molecule has 0 aliphatic carbocycles. The van der Waals surface area contributed by atoms with Gasteiger partial charge in [0.1, 0.15) is 0 Å². The second-order valence-electron chi connectivity index (χ2n) is 2.93. The SMILES string of the molecule is C=CS(=O)(=O)OS(=O)(=O)C=Cc1ccccc1.[H-].[H-].[Na+].[Na+]. The average molecular weight is 322 g/mol. The Morgan fingerprint density at radius 1 is 1.00 bits per heavy atom. The van der Waals surface area contributed by atoms with Crippen molar-refractivity contribution in [2.45, 2.75) is 0 Å². The third kappa shape index (κ3) is 9.17. The molecule has 96 valence electrons. The van der Waals surface area contributed by atoms with Crippen molar-refractivity contribution >= 4 is 26.3 Å². The maximum absolute atomic E-state index is 11.2. The third-order valence-electron chi connectivity index (χ3n) is 1.62. The third-order valence-corrected chi connectivity index (χ3v) is 4.02. The van der Waals surface area contributed by atoms with Crippen LogP contribution in [0.4, 0.5) is 0 Å². The molecule has 1 aromatic rings. The van der Waals surface area contributed by atoms with E-state index in [1.54, 1.807) is 30.3 Å². The molecule has 0 heterocycles. The fourth-order valence-electron chi connectivity index (χ4n) is 0.909. The first-order valence-corrected chi connectivity index (χ1v) is 7.36. The molecule has 1 aromatic carbocycles. The molecular weight excluding hydrogens is 310 g/mol. The van der Waals surface area contributed by atoms with Gasteiger partial charge in [-0.05, 0) is 11.6 Å². The van der Waals surface area contributed by atoms with Gasteiger partial charge in [0.25, 0.3) is 0 Å². The summed E-state index contributed by atoms with van der Waals surface area (Å²) in [6.07, 6.45) is 1.23. The minimum Gasteiger partial charge on any atom is -1.00 e. The van der Waals surface area contributed by atoms with E-state index in [1.807, 2.05) is 0 Å². The van der Waals surface area contributed by atoms with Crippen molar-refractivity contribution in [2.75, 3.05) is 0 Å². The molecule has 0 aliphatic heterocycles. The van der Waals surface area contributed by atoms with Crippen molar-refractivity contribution in [3.05, 3.63) is 53.3 Å². The predicted molar refractivity (Wildman–Crippen MR) is 66.8 cm³/mol. The van der Waals surface area contributed by atoms with Crippen LogP contribution >= 0.6 is 0 Å². The van der Waals surface area contributed by atoms with Crippen LogP contribution in [0.25, 0.3) is 6.08 Å². The molecule has 0 fully saturated rings. The van der Waals surface area contributed by atoms with E-state index in [0.29, 0.717) is 16.4 Å². The minimum absolute atomic E-state index is 0. The van der Waals surface area contributed by atoms with Gasteiger partial charge in [-0.15, -0.1) is 3.63 Å². The molecule has 1 rings (SSSR count). The summed E-state index contributed by atoms with van der Waals surface area (Å²) in [4.78, 5) is 0. The van der Waals surface area contributed by atoms with Crippen LogP contribution in [0, 0.1) is 0 Å². The molecule has 9 heteroatoms. The second kappa shape index (κ2) is 9.49. The Kier molecular flexibility index (Phi) is 10.9. The molecule has 0 unspecified atom stereocenters. The number of hydrogen-bond donors (Lipinski definition) is 0. The Morgan fingerprint density at radius 2 is 1.53 bits per heavy atom. The average Bonchev–Trinajstić information content (AvgIpc) is 2.27. The summed E-state index contributed by atoms with van der Waals surface area (Å²) in [7, 11) is -8.55. The normalized spacial score (nSPS) is 11.4. The zero-order valence-corrected chi connectivity index (χ0v) is 16.3. The molecule has 0 aliphatic rings. The van der Waals surface area contributed by atoms with E-state index < -0.39 is 20.2 Å². The molecule has 5 nitrogen and oxygen atoms in total. The maximum Gasteiger partial charge on any atom is 1.00 e. The maximum atomic E-state index is 11.2. The van der Waals surface area contributed by atoms with E-state index in [9.17, 15) is 16.8 Å². The standard InChI is InChI=1S/C10H10O5S2.2Na.2H/c1-2-16(11,12)15-17(13,14)9-8-10-6-4-3-5-7-10;;;;/h2-9H,1H2;;;;/q;2*+1;2*-1. The summed E-state index contributed by atoms with van der Waals surface area (Å²) in [6.45, 7) is 2.93. The quantitative estimate of drug-likeness (QED) is 0.513. The molecule has 0 saturated carbocycles. The van der Waals surface area contributed by atoms with Crippen molar-refractivity contribution in [1.29, 1.82) is 0 Å². The van der Waals surface area contributed by atoms with Crippen LogP contribution in [-0.4, -0.2) is 16.8 Å². The van der Waals surface area contributed by atoms with Gasteiger partial charge in [0.15, 0.2) is 0 Å². The Balaban J connectivity index is -0.000000361. The molecule has 0 amide bonds. The zero-order valence-electron chi connectivity index (χ0n) is 12.7. The second-order valence-corrected chi connectivity index (χ2v) is 6.05. The largest absolute Gasteiger partial charge is 1.00 e. The fourth-order valence-corrected chi connectivity index (χ4v) is 2.69. The molecule has 0 radical (unpaired) electrons. The smallest absolute Gasteiger partial charge is 1.00 e. The van der Waals surface area contributed by atoms with Crippen molar-refractivity contribution in [2.24, 2.45) is 0 Å². The molecular formula is C10H12Na2O5S2. The summed E-state index contributed by atoms with van der Waals surface area (Å²) >= 11 is 0. The Labute approximate surface area is 160 Å². The van der Waals surface area contributed by atoms with Gasteiger partial charge in [0.05, 0.1) is 10.8 Å². The van der Waals surface area contributed by atoms with Crippen molar-refractivity contribution in [3.63, 3.8) is 0 Å². The first kappa shape index (κ1) is 21.9. The first-order chi connectivity index (χ1) is 7.85. The molecule has 0 atom stereocenters. The van der Waals surface area contributed by atoms with Gasteiger partial charge >= 0.3 is 79.4 Å². The zero-order chi connectivity index (χ0) is 12.9. The molecule has 19 heavy (non-hydrogen) atoms. The van der Waals surface area contributed by atoms with Gasteiger partial charge in [-0.2, -0.15) is 16.8 Å². The molecule has 0 bridgehead atoms. The summed E-state index contributed by atoms with van der Waals surface area (Å²) < 4.78 is 48.2. The Morgan fingerprint density at radius 3 is 2.00 bits per heavy atom. The summed E-state index contributed by atoms with van der Waals surface area (Å²) in [5.41, 5.74) is 0.607. The number of rotatable bonds is 5. The van der Waals surface area contributed by atoms with Crippen LogP contribution < -0.4 is 59.1 Å². The van der Waals surface area contributed by atoms with Crippen LogP contribution in [0.2, 0.25) is 0 Å². The monoisotopic (exact) mass is 322 g/mol. The minimum atomic E-state index is -4.29. The van der Waals surface area contributed by atoms with Crippen LogP contribution in [0.5, 0.6) is 0 Å². The summed E-state index contributed by atoms with van der Waals surface area (Å²) in [6, 6.07) is 8.52. The van der Waals surface area contributed by atoms with Gasteiger partial charge in [0.2, 0.25) is 0 Å². The van der Waals surface area contributed by atoms with E-state index in [-0.39, 0.29) is 62.0 Å². The van der Waals surface area contributed by atoms with E-state index in [1.165, 1.54) is 6.08 Å². The molecule has 0 spiro atoms. The first-order valence-electron chi connectivity index (χ1n) is 4.41. The number of hydrogen-bond acceptors (Lipinski definition) is 5. The predicted octanol–water partition coefficient (Wildman–Crippen LogP) is -4.29. The fraction of sp³-hybridized carbons (Fsp3) is 0. The van der Waals surface area contributed by atoms with Gasteiger partial charge in [0, 0.05) is 0 Å². The number of benzene rings is 1. The van der Waals surface area contributed by atoms with Crippen LogP contribution in [0.3, 0.4) is 0 Å². The van der Waals surface area contributed by atoms with E-state index >= 15 is 0 Å². The summed E-state index contributed by atoms with van der Waals surface area (Å²) in [5.74, 6) is 0. The van der Waals surface area contributed by atoms with Gasteiger partial charge in [-0.25, -0.2) is 0 Å². The van der Waals surface area contributed by atoms with Crippen LogP contribution in [0.1, 0.15) is 8.42 Å². The van der Waals surface area contributed by atoms with Gasteiger partial charge < -0.3 is 2.85 Å². The van der Waals surface area contributed by atoms with Crippen molar-refractivity contribution < 1.29 is 82.4 Å². The Hall–Kier alpha value is 0.560. The molecule has 0 N–H and O–H groups in total. The van der Waals surface area contributed by atoms with Gasteiger partial charge in [-0.1, -0.05) is 36.9 Å². The van der Waals surface area contributed by atoms with Crippen molar-refractivity contribution in [3.8, 4) is 0 Å². The summed E-state index contributed by atoms with van der Waals surface area (Å²) in [5, 5.41) is 1.09. The molecule has 0 aromatic heterocycles.